The zero-order valence-electron chi connectivity index (χ0n) is 11.7. The highest BCUT2D eigenvalue weighted by atomic mass is 79.9. The molecule has 20 heavy (non-hydrogen) atoms. The molecule has 2 fully saturated rings. The molecule has 0 spiro atoms. The Balaban J connectivity index is 1.71. The van der Waals surface area contributed by atoms with E-state index in [1.54, 1.807) is 0 Å². The quantitative estimate of drug-likeness (QED) is 0.789. The average molecular weight is 338 g/mol. The lowest BCUT2D eigenvalue weighted by atomic mass is 10.1. The number of hydrogen-bond donors (Lipinski definition) is 1. The van der Waals surface area contributed by atoms with Crippen LogP contribution in [0.15, 0.2) is 22.7 Å². The van der Waals surface area contributed by atoms with Crippen LogP contribution in [0.3, 0.4) is 0 Å². The number of benzene rings is 1. The Morgan fingerprint density at radius 1 is 1.35 bits per heavy atom. The highest BCUT2D eigenvalue weighted by molar-refractivity contribution is 9.10. The van der Waals surface area contributed by atoms with Crippen LogP contribution in [0.25, 0.3) is 0 Å². The number of carbonyl (C=O) groups excluding carboxylic acids is 1. The van der Waals surface area contributed by atoms with Crippen LogP contribution in [0.4, 0.5) is 5.69 Å². The van der Waals surface area contributed by atoms with E-state index >= 15 is 0 Å². The summed E-state index contributed by atoms with van der Waals surface area (Å²) in [7, 11) is 0. The molecule has 1 aromatic rings. The van der Waals surface area contributed by atoms with Gasteiger partial charge < -0.3 is 10.1 Å². The summed E-state index contributed by atoms with van der Waals surface area (Å²) in [5.74, 6) is 1.43. The molecule has 0 aliphatic heterocycles. The minimum Gasteiger partial charge on any atom is -0.462 e. The maximum atomic E-state index is 11.7. The number of anilines is 1. The van der Waals surface area contributed by atoms with Gasteiger partial charge in [-0.3, -0.25) is 0 Å². The number of hydrogen-bond acceptors (Lipinski definition) is 3. The van der Waals surface area contributed by atoms with Crippen LogP contribution in [0.5, 0.6) is 0 Å². The van der Waals surface area contributed by atoms with E-state index in [0.717, 1.165) is 22.0 Å². The molecule has 0 heterocycles. The first-order valence-electron chi connectivity index (χ1n) is 7.42. The Morgan fingerprint density at radius 3 is 2.50 bits per heavy atom. The Kier molecular flexibility index (Phi) is 4.01. The number of halogens is 1. The van der Waals surface area contributed by atoms with E-state index in [1.165, 1.54) is 25.7 Å². The van der Waals surface area contributed by atoms with Crippen LogP contribution in [0.2, 0.25) is 0 Å². The smallest absolute Gasteiger partial charge is 0.338 e. The van der Waals surface area contributed by atoms with Crippen molar-refractivity contribution < 1.29 is 9.53 Å². The monoisotopic (exact) mass is 337 g/mol. The SMILES string of the molecule is CCOC(=O)c1ccc(NC(C2CC2)C2CC2)c(Br)c1. The summed E-state index contributed by atoms with van der Waals surface area (Å²) in [5.41, 5.74) is 1.68. The molecule has 1 N–H and O–H groups in total. The van der Waals surface area contributed by atoms with E-state index in [9.17, 15) is 4.79 Å². The van der Waals surface area contributed by atoms with Gasteiger partial charge in [-0.1, -0.05) is 0 Å². The molecule has 0 bridgehead atoms. The van der Waals surface area contributed by atoms with Crippen molar-refractivity contribution in [3.05, 3.63) is 28.2 Å². The Hall–Kier alpha value is -1.03. The lowest BCUT2D eigenvalue weighted by molar-refractivity contribution is 0.0526. The fourth-order valence-electron chi connectivity index (χ4n) is 2.68. The first kappa shape index (κ1) is 13.9. The van der Waals surface area contributed by atoms with E-state index in [2.05, 4.69) is 21.2 Å². The van der Waals surface area contributed by atoms with Crippen molar-refractivity contribution in [1.29, 1.82) is 0 Å². The molecule has 4 heteroatoms. The van der Waals surface area contributed by atoms with Gasteiger partial charge in [-0.2, -0.15) is 0 Å². The Bertz CT molecular complexity index is 497. The molecule has 0 saturated heterocycles. The van der Waals surface area contributed by atoms with Crippen molar-refractivity contribution in [3.8, 4) is 0 Å². The third-order valence-electron chi connectivity index (χ3n) is 4.06. The summed E-state index contributed by atoms with van der Waals surface area (Å²) < 4.78 is 5.96. The zero-order valence-corrected chi connectivity index (χ0v) is 13.3. The topological polar surface area (TPSA) is 38.3 Å². The molecule has 2 saturated carbocycles. The van der Waals surface area contributed by atoms with Crippen LogP contribution in [0, 0.1) is 11.8 Å². The molecule has 3 rings (SSSR count). The van der Waals surface area contributed by atoms with Gasteiger partial charge in [0.1, 0.15) is 0 Å². The largest absolute Gasteiger partial charge is 0.462 e. The normalized spacial score (nSPS) is 18.1. The molecule has 1 aromatic carbocycles. The molecule has 0 unspecified atom stereocenters. The highest BCUT2D eigenvalue weighted by Gasteiger charge is 2.41. The van der Waals surface area contributed by atoms with Crippen LogP contribution in [0.1, 0.15) is 43.0 Å². The highest BCUT2D eigenvalue weighted by Crippen LogP contribution is 2.46. The number of carbonyl (C=O) groups is 1. The van der Waals surface area contributed by atoms with Crippen LogP contribution < -0.4 is 5.32 Å². The predicted octanol–water partition coefficient (Wildman–Crippen LogP) is 4.23. The minimum atomic E-state index is -0.263. The second kappa shape index (κ2) is 5.76. The Morgan fingerprint density at radius 2 is 2.00 bits per heavy atom. The molecule has 0 radical (unpaired) electrons. The first-order chi connectivity index (χ1) is 9.69. The van der Waals surface area contributed by atoms with Crippen molar-refractivity contribution in [2.24, 2.45) is 11.8 Å². The summed E-state index contributed by atoms with van der Waals surface area (Å²) in [6, 6.07) is 6.27. The minimum absolute atomic E-state index is 0.263. The summed E-state index contributed by atoms with van der Waals surface area (Å²) in [4.78, 5) is 11.7. The van der Waals surface area contributed by atoms with Gasteiger partial charge in [0, 0.05) is 16.2 Å². The van der Waals surface area contributed by atoms with Gasteiger partial charge in [-0.05, 0) is 78.6 Å². The fourth-order valence-corrected chi connectivity index (χ4v) is 3.18. The zero-order chi connectivity index (χ0) is 14.1. The summed E-state index contributed by atoms with van der Waals surface area (Å²) >= 11 is 3.56. The Labute approximate surface area is 128 Å². The number of rotatable bonds is 6. The van der Waals surface area contributed by atoms with Gasteiger partial charge in [-0.15, -0.1) is 0 Å². The lowest BCUT2D eigenvalue weighted by Gasteiger charge is -2.20. The van der Waals surface area contributed by atoms with Gasteiger partial charge >= 0.3 is 5.97 Å². The molecule has 2 aliphatic carbocycles. The summed E-state index contributed by atoms with van der Waals surface area (Å²) in [6.45, 7) is 2.22. The molecule has 0 amide bonds. The van der Waals surface area contributed by atoms with Crippen molar-refractivity contribution in [1.82, 2.24) is 0 Å². The fraction of sp³-hybridized carbons (Fsp3) is 0.562. The number of nitrogens with one attached hydrogen (secondary N) is 1. The third-order valence-corrected chi connectivity index (χ3v) is 4.72. The number of esters is 1. The van der Waals surface area contributed by atoms with Crippen LogP contribution >= 0.6 is 15.9 Å². The maximum Gasteiger partial charge on any atom is 0.338 e. The summed E-state index contributed by atoms with van der Waals surface area (Å²) in [5, 5.41) is 3.67. The first-order valence-corrected chi connectivity index (χ1v) is 8.21. The molecule has 0 aromatic heterocycles. The van der Waals surface area contributed by atoms with Gasteiger partial charge in [0.15, 0.2) is 0 Å². The second-order valence-corrected chi connectivity index (χ2v) is 6.61. The van der Waals surface area contributed by atoms with E-state index in [0.29, 0.717) is 18.2 Å². The average Bonchev–Trinajstić information content (AvgIpc) is 3.29. The van der Waals surface area contributed by atoms with E-state index < -0.39 is 0 Å². The molecule has 2 aliphatic rings. The lowest BCUT2D eigenvalue weighted by Crippen LogP contribution is -2.24. The van der Waals surface area contributed by atoms with Crippen molar-refractivity contribution in [3.63, 3.8) is 0 Å². The molecule has 3 nitrogen and oxygen atoms in total. The van der Waals surface area contributed by atoms with Crippen molar-refractivity contribution in [2.45, 2.75) is 38.6 Å². The standard InChI is InChI=1S/C16H20BrNO2/c1-2-20-16(19)12-7-8-14(13(17)9-12)18-15(10-3-4-10)11-5-6-11/h7-11,15,18H,2-6H2,1H3. The molecular formula is C16H20BrNO2. The van der Waals surface area contributed by atoms with Crippen LogP contribution in [-0.2, 0) is 4.74 Å². The van der Waals surface area contributed by atoms with Crippen molar-refractivity contribution in [2.75, 3.05) is 11.9 Å². The van der Waals surface area contributed by atoms with E-state index in [4.69, 9.17) is 4.74 Å². The summed E-state index contributed by atoms with van der Waals surface area (Å²) in [6.07, 6.45) is 5.42. The predicted molar refractivity (Wildman–Crippen MR) is 83.0 cm³/mol. The molecule has 0 atom stereocenters. The third kappa shape index (κ3) is 3.17. The van der Waals surface area contributed by atoms with Crippen LogP contribution in [-0.4, -0.2) is 18.6 Å². The van der Waals surface area contributed by atoms with Gasteiger partial charge in [0.25, 0.3) is 0 Å². The molecule has 108 valence electrons. The van der Waals surface area contributed by atoms with Gasteiger partial charge in [0.05, 0.1) is 12.2 Å². The molecular weight excluding hydrogens is 318 g/mol. The van der Waals surface area contributed by atoms with Gasteiger partial charge in [0.2, 0.25) is 0 Å². The van der Waals surface area contributed by atoms with E-state index in [-0.39, 0.29) is 5.97 Å². The maximum absolute atomic E-state index is 11.7. The number of ether oxygens (including phenoxy) is 1. The second-order valence-electron chi connectivity index (χ2n) is 5.76. The van der Waals surface area contributed by atoms with E-state index in [1.807, 2.05) is 25.1 Å². The van der Waals surface area contributed by atoms with Crippen molar-refractivity contribution >= 4 is 27.6 Å². The van der Waals surface area contributed by atoms with Gasteiger partial charge in [-0.25, -0.2) is 4.79 Å².